The lowest BCUT2D eigenvalue weighted by atomic mass is 9.97. The fourth-order valence-electron chi connectivity index (χ4n) is 2.34. The molecule has 2 aromatic carbocycles. The van der Waals surface area contributed by atoms with Gasteiger partial charge in [0.25, 0.3) is 0 Å². The Morgan fingerprint density at radius 3 is 2.65 bits per heavy atom. The van der Waals surface area contributed by atoms with Crippen LogP contribution in [-0.4, -0.2) is 14.2 Å². The molecule has 3 heteroatoms. The lowest BCUT2D eigenvalue weighted by Crippen LogP contribution is -2.20. The van der Waals surface area contributed by atoms with Crippen molar-refractivity contribution in [2.75, 3.05) is 14.2 Å². The predicted octanol–water partition coefficient (Wildman–Crippen LogP) is 3.65. The summed E-state index contributed by atoms with van der Waals surface area (Å²) in [6.45, 7) is 1.79. The summed E-state index contributed by atoms with van der Waals surface area (Å²) in [5.41, 5.74) is 2.49. The van der Waals surface area contributed by atoms with Crippen LogP contribution in [0.2, 0.25) is 0 Å². The maximum absolute atomic E-state index is 14.2. The summed E-state index contributed by atoms with van der Waals surface area (Å²) in [6, 6.07) is 13.3. The van der Waals surface area contributed by atoms with E-state index in [2.05, 4.69) is 5.32 Å². The first-order valence-corrected chi connectivity index (χ1v) is 6.71. The molecule has 0 saturated heterocycles. The van der Waals surface area contributed by atoms with Crippen molar-refractivity contribution in [3.8, 4) is 5.75 Å². The van der Waals surface area contributed by atoms with Gasteiger partial charge in [-0.2, -0.15) is 0 Å². The number of hydrogen-bond donors (Lipinski definition) is 1. The molecule has 0 amide bonds. The van der Waals surface area contributed by atoms with Gasteiger partial charge in [-0.1, -0.05) is 30.3 Å². The van der Waals surface area contributed by atoms with Gasteiger partial charge in [0.1, 0.15) is 11.6 Å². The Balaban J connectivity index is 2.26. The molecule has 0 radical (unpaired) electrons. The van der Waals surface area contributed by atoms with Crippen LogP contribution in [0.25, 0.3) is 0 Å². The fourth-order valence-corrected chi connectivity index (χ4v) is 2.34. The van der Waals surface area contributed by atoms with E-state index in [1.54, 1.807) is 20.1 Å². The third-order valence-electron chi connectivity index (χ3n) is 3.52. The van der Waals surface area contributed by atoms with E-state index >= 15 is 0 Å². The molecule has 2 nitrogen and oxygen atoms in total. The van der Waals surface area contributed by atoms with Crippen LogP contribution < -0.4 is 10.1 Å². The van der Waals surface area contributed by atoms with Crippen LogP contribution >= 0.6 is 0 Å². The van der Waals surface area contributed by atoms with E-state index in [9.17, 15) is 4.39 Å². The number of hydrogen-bond acceptors (Lipinski definition) is 2. The minimum atomic E-state index is -0.130. The standard InChI is InChI=1S/C17H20FNO/c1-12-6-4-9-15(17(12)18)16(19-2)11-13-7-5-8-14(10-13)20-3/h4-10,16,19H,11H2,1-3H3. The van der Waals surface area contributed by atoms with Crippen molar-refractivity contribution in [1.82, 2.24) is 5.32 Å². The van der Waals surface area contributed by atoms with Gasteiger partial charge in [0.05, 0.1) is 7.11 Å². The van der Waals surface area contributed by atoms with Crippen molar-refractivity contribution in [1.29, 1.82) is 0 Å². The molecule has 0 heterocycles. The molecule has 106 valence electrons. The molecule has 1 unspecified atom stereocenters. The minimum Gasteiger partial charge on any atom is -0.497 e. The SMILES string of the molecule is CNC(Cc1cccc(OC)c1)c1cccc(C)c1F. The van der Waals surface area contributed by atoms with Crippen LogP contribution in [0.15, 0.2) is 42.5 Å². The lowest BCUT2D eigenvalue weighted by Gasteiger charge is -2.18. The summed E-state index contributed by atoms with van der Waals surface area (Å²) in [5, 5.41) is 3.19. The highest BCUT2D eigenvalue weighted by atomic mass is 19.1. The van der Waals surface area contributed by atoms with Gasteiger partial charge in [-0.3, -0.25) is 0 Å². The number of rotatable bonds is 5. The third-order valence-corrected chi connectivity index (χ3v) is 3.52. The van der Waals surface area contributed by atoms with Gasteiger partial charge in [0.15, 0.2) is 0 Å². The molecule has 0 fully saturated rings. The number of likely N-dealkylation sites (N-methyl/N-ethyl adjacent to an activating group) is 1. The summed E-state index contributed by atoms with van der Waals surface area (Å²) in [6.07, 6.45) is 0.716. The Morgan fingerprint density at radius 1 is 1.20 bits per heavy atom. The Kier molecular flexibility index (Phi) is 4.74. The number of ether oxygens (including phenoxy) is 1. The molecule has 0 aliphatic rings. The Morgan fingerprint density at radius 2 is 1.95 bits per heavy atom. The summed E-state index contributed by atoms with van der Waals surface area (Å²) >= 11 is 0. The first-order valence-electron chi connectivity index (χ1n) is 6.71. The van der Waals surface area contributed by atoms with Crippen LogP contribution in [0.3, 0.4) is 0 Å². The maximum Gasteiger partial charge on any atom is 0.130 e. The van der Waals surface area contributed by atoms with Crippen molar-refractivity contribution in [3.05, 3.63) is 65.0 Å². The molecule has 1 atom stereocenters. The van der Waals surface area contributed by atoms with Crippen molar-refractivity contribution in [3.63, 3.8) is 0 Å². The Hall–Kier alpha value is -1.87. The summed E-state index contributed by atoms with van der Waals surface area (Å²) in [4.78, 5) is 0. The molecule has 0 spiro atoms. The zero-order valence-corrected chi connectivity index (χ0v) is 12.1. The second kappa shape index (κ2) is 6.53. The quantitative estimate of drug-likeness (QED) is 0.898. The molecular weight excluding hydrogens is 253 g/mol. The van der Waals surface area contributed by atoms with Crippen LogP contribution in [0.5, 0.6) is 5.75 Å². The number of nitrogens with one attached hydrogen (secondary N) is 1. The molecule has 1 N–H and O–H groups in total. The number of benzene rings is 2. The van der Waals surface area contributed by atoms with Crippen molar-refractivity contribution in [2.45, 2.75) is 19.4 Å². The molecular formula is C17H20FNO. The molecule has 0 aliphatic heterocycles. The van der Waals surface area contributed by atoms with Crippen LogP contribution in [0.4, 0.5) is 4.39 Å². The third kappa shape index (κ3) is 3.17. The van der Waals surface area contributed by atoms with Crippen molar-refractivity contribution in [2.24, 2.45) is 0 Å². The molecule has 2 aromatic rings. The normalized spacial score (nSPS) is 12.2. The monoisotopic (exact) mass is 273 g/mol. The first-order chi connectivity index (χ1) is 9.65. The topological polar surface area (TPSA) is 21.3 Å². The van der Waals surface area contributed by atoms with Crippen LogP contribution in [-0.2, 0) is 6.42 Å². The van der Waals surface area contributed by atoms with E-state index in [1.807, 2.05) is 43.4 Å². The van der Waals surface area contributed by atoms with Gasteiger partial charge in [-0.15, -0.1) is 0 Å². The van der Waals surface area contributed by atoms with Gasteiger partial charge in [-0.05, 0) is 43.7 Å². The van der Waals surface area contributed by atoms with E-state index < -0.39 is 0 Å². The van der Waals surface area contributed by atoms with Gasteiger partial charge in [-0.25, -0.2) is 4.39 Å². The fraction of sp³-hybridized carbons (Fsp3) is 0.294. The van der Waals surface area contributed by atoms with Crippen molar-refractivity contribution >= 4 is 0 Å². The first kappa shape index (κ1) is 14.5. The number of methoxy groups -OCH3 is 1. The summed E-state index contributed by atoms with van der Waals surface area (Å²) in [7, 11) is 3.50. The van der Waals surface area contributed by atoms with E-state index in [0.717, 1.165) is 11.3 Å². The van der Waals surface area contributed by atoms with E-state index in [1.165, 1.54) is 0 Å². The Labute approximate surface area is 119 Å². The predicted molar refractivity (Wildman–Crippen MR) is 79.6 cm³/mol. The van der Waals surface area contributed by atoms with Crippen LogP contribution in [0.1, 0.15) is 22.7 Å². The highest BCUT2D eigenvalue weighted by Crippen LogP contribution is 2.24. The molecule has 0 bridgehead atoms. The maximum atomic E-state index is 14.2. The van der Waals surface area contributed by atoms with E-state index in [4.69, 9.17) is 4.74 Å². The smallest absolute Gasteiger partial charge is 0.130 e. The highest BCUT2D eigenvalue weighted by molar-refractivity contribution is 5.32. The average molecular weight is 273 g/mol. The lowest BCUT2D eigenvalue weighted by molar-refractivity contribution is 0.414. The minimum absolute atomic E-state index is 0.0537. The average Bonchev–Trinajstić information content (AvgIpc) is 2.48. The second-order valence-electron chi connectivity index (χ2n) is 4.88. The zero-order chi connectivity index (χ0) is 14.5. The zero-order valence-electron chi connectivity index (χ0n) is 12.1. The largest absolute Gasteiger partial charge is 0.497 e. The van der Waals surface area contributed by atoms with Gasteiger partial charge in [0.2, 0.25) is 0 Å². The number of aryl methyl sites for hydroxylation is 1. The summed E-state index contributed by atoms with van der Waals surface area (Å²) < 4.78 is 19.4. The number of halogens is 1. The molecule has 20 heavy (non-hydrogen) atoms. The van der Waals surface area contributed by atoms with Crippen LogP contribution in [0, 0.1) is 12.7 Å². The molecule has 0 aliphatic carbocycles. The van der Waals surface area contributed by atoms with Crippen molar-refractivity contribution < 1.29 is 9.13 Å². The van der Waals surface area contributed by atoms with E-state index in [-0.39, 0.29) is 11.9 Å². The Bertz CT molecular complexity index is 583. The molecule has 0 saturated carbocycles. The summed E-state index contributed by atoms with van der Waals surface area (Å²) in [5.74, 6) is 0.691. The molecule has 2 rings (SSSR count). The van der Waals surface area contributed by atoms with Gasteiger partial charge in [0, 0.05) is 11.6 Å². The highest BCUT2D eigenvalue weighted by Gasteiger charge is 2.15. The van der Waals surface area contributed by atoms with E-state index in [0.29, 0.717) is 17.5 Å². The van der Waals surface area contributed by atoms with Gasteiger partial charge >= 0.3 is 0 Å². The molecule has 0 aromatic heterocycles. The van der Waals surface area contributed by atoms with Gasteiger partial charge < -0.3 is 10.1 Å². The second-order valence-corrected chi connectivity index (χ2v) is 4.88.